The zero-order valence-electron chi connectivity index (χ0n) is 12.2. The highest BCUT2D eigenvalue weighted by molar-refractivity contribution is 5.82. The zero-order chi connectivity index (χ0) is 14.7. The molecule has 1 saturated carbocycles. The molecular weight excluding hydrogens is 268 g/mol. The van der Waals surface area contributed by atoms with Crippen molar-refractivity contribution in [2.45, 2.75) is 38.0 Å². The molecule has 114 valence electrons. The molecule has 2 fully saturated rings. The summed E-state index contributed by atoms with van der Waals surface area (Å²) in [5.74, 6) is 1.48. The Morgan fingerprint density at radius 1 is 1.38 bits per heavy atom. The van der Waals surface area contributed by atoms with Gasteiger partial charge < -0.3 is 14.6 Å². The number of rotatable bonds is 5. The van der Waals surface area contributed by atoms with Gasteiger partial charge in [-0.05, 0) is 31.4 Å². The van der Waals surface area contributed by atoms with E-state index in [0.29, 0.717) is 19.5 Å². The molecule has 0 bridgehead atoms. The Morgan fingerprint density at radius 2 is 2.29 bits per heavy atom. The summed E-state index contributed by atoms with van der Waals surface area (Å²) in [7, 11) is 0. The number of nitrogens with zero attached hydrogens (tertiary/aromatic N) is 1. The molecule has 0 aromatic carbocycles. The molecule has 1 aromatic heterocycles. The highest BCUT2D eigenvalue weighted by Crippen LogP contribution is 2.47. The summed E-state index contributed by atoms with van der Waals surface area (Å²) in [5.41, 5.74) is 0. The van der Waals surface area contributed by atoms with Gasteiger partial charge in [0.15, 0.2) is 0 Å². The van der Waals surface area contributed by atoms with Crippen LogP contribution in [-0.4, -0.2) is 36.3 Å². The van der Waals surface area contributed by atoms with Crippen molar-refractivity contribution in [2.75, 3.05) is 19.6 Å². The predicted octanol–water partition coefficient (Wildman–Crippen LogP) is 1.90. The maximum absolute atomic E-state index is 12.0. The molecule has 2 unspecified atom stereocenters. The minimum atomic E-state index is 0.0379. The first-order chi connectivity index (χ1) is 10.3. The van der Waals surface area contributed by atoms with Crippen molar-refractivity contribution < 1.29 is 14.0 Å². The third-order valence-electron chi connectivity index (χ3n) is 4.39. The lowest BCUT2D eigenvalue weighted by Crippen LogP contribution is -2.38. The molecule has 21 heavy (non-hydrogen) atoms. The van der Waals surface area contributed by atoms with E-state index in [1.54, 1.807) is 6.26 Å². The second-order valence-electron chi connectivity index (χ2n) is 5.95. The largest absolute Gasteiger partial charge is 0.469 e. The molecule has 2 aliphatic rings. The second kappa shape index (κ2) is 6.33. The minimum absolute atomic E-state index is 0.0379. The average Bonchev–Trinajstić information content (AvgIpc) is 3.16. The predicted molar refractivity (Wildman–Crippen MR) is 77.6 cm³/mol. The second-order valence-corrected chi connectivity index (χ2v) is 5.95. The summed E-state index contributed by atoms with van der Waals surface area (Å²) >= 11 is 0. The van der Waals surface area contributed by atoms with Crippen LogP contribution in [0.1, 0.15) is 43.8 Å². The minimum Gasteiger partial charge on any atom is -0.469 e. The lowest BCUT2D eigenvalue weighted by Gasteiger charge is -2.20. The molecule has 2 heterocycles. The van der Waals surface area contributed by atoms with Gasteiger partial charge in [-0.25, -0.2) is 0 Å². The molecule has 2 amide bonds. The van der Waals surface area contributed by atoms with E-state index in [1.807, 2.05) is 17.0 Å². The molecular formula is C16H22N2O3. The normalized spacial score (nSPS) is 25.5. The van der Waals surface area contributed by atoms with Crippen LogP contribution in [0.15, 0.2) is 22.8 Å². The summed E-state index contributed by atoms with van der Waals surface area (Å²) in [4.78, 5) is 25.8. The Balaban J connectivity index is 1.39. The monoisotopic (exact) mass is 290 g/mol. The third-order valence-corrected chi connectivity index (χ3v) is 4.39. The Hall–Kier alpha value is -1.78. The molecule has 0 radical (unpaired) electrons. The Kier molecular flexibility index (Phi) is 4.27. The van der Waals surface area contributed by atoms with E-state index in [-0.39, 0.29) is 23.7 Å². The molecule has 5 nitrogen and oxygen atoms in total. The van der Waals surface area contributed by atoms with Crippen LogP contribution in [0.5, 0.6) is 0 Å². The van der Waals surface area contributed by atoms with Crippen LogP contribution >= 0.6 is 0 Å². The van der Waals surface area contributed by atoms with Gasteiger partial charge in [0.05, 0.1) is 6.26 Å². The van der Waals surface area contributed by atoms with Crippen LogP contribution in [0.4, 0.5) is 0 Å². The highest BCUT2D eigenvalue weighted by atomic mass is 16.3. The number of nitrogens with one attached hydrogen (secondary N) is 1. The first-order valence-electron chi connectivity index (χ1n) is 7.84. The van der Waals surface area contributed by atoms with E-state index in [4.69, 9.17) is 4.42 Å². The van der Waals surface area contributed by atoms with Crippen LogP contribution in [0.25, 0.3) is 0 Å². The molecule has 2 atom stereocenters. The van der Waals surface area contributed by atoms with Crippen LogP contribution in [0, 0.1) is 5.92 Å². The van der Waals surface area contributed by atoms with E-state index < -0.39 is 0 Å². The maximum Gasteiger partial charge on any atom is 0.223 e. The van der Waals surface area contributed by atoms with E-state index in [2.05, 4.69) is 5.32 Å². The first-order valence-corrected chi connectivity index (χ1v) is 7.84. The number of carbonyl (C=O) groups is 2. The van der Waals surface area contributed by atoms with E-state index in [0.717, 1.165) is 38.0 Å². The summed E-state index contributed by atoms with van der Waals surface area (Å²) < 4.78 is 5.33. The van der Waals surface area contributed by atoms with Crippen LogP contribution in [0.3, 0.4) is 0 Å². The standard InChI is InChI=1S/C16H22N2O3/c19-15-6-2-1-3-8-18(15)9-7-17-16(20)13-11-12(13)14-5-4-10-21-14/h4-5,10,12-13H,1-3,6-9,11H2,(H,17,20). The van der Waals surface area contributed by atoms with Gasteiger partial charge >= 0.3 is 0 Å². The average molecular weight is 290 g/mol. The number of amides is 2. The fraction of sp³-hybridized carbons (Fsp3) is 0.625. The Morgan fingerprint density at radius 3 is 3.10 bits per heavy atom. The van der Waals surface area contributed by atoms with E-state index in [1.165, 1.54) is 0 Å². The van der Waals surface area contributed by atoms with Gasteiger partial charge in [-0.15, -0.1) is 0 Å². The Labute approximate surface area is 124 Å². The molecule has 1 N–H and O–H groups in total. The van der Waals surface area contributed by atoms with Crippen molar-refractivity contribution in [2.24, 2.45) is 5.92 Å². The quantitative estimate of drug-likeness (QED) is 0.901. The number of furan rings is 1. The molecule has 5 heteroatoms. The number of hydrogen-bond acceptors (Lipinski definition) is 3. The van der Waals surface area contributed by atoms with Crippen LogP contribution < -0.4 is 5.32 Å². The van der Waals surface area contributed by atoms with Gasteiger partial charge in [0.1, 0.15) is 5.76 Å². The molecule has 1 aliphatic carbocycles. The molecule has 1 aliphatic heterocycles. The fourth-order valence-electron chi connectivity index (χ4n) is 3.02. The molecule has 1 aromatic rings. The van der Waals surface area contributed by atoms with Gasteiger partial charge in [0.25, 0.3) is 0 Å². The van der Waals surface area contributed by atoms with Crippen LogP contribution in [-0.2, 0) is 9.59 Å². The highest BCUT2D eigenvalue weighted by Gasteiger charge is 2.45. The number of hydrogen-bond donors (Lipinski definition) is 1. The van der Waals surface area contributed by atoms with Gasteiger partial charge in [-0.1, -0.05) is 6.42 Å². The number of carbonyl (C=O) groups excluding carboxylic acids is 2. The Bertz CT molecular complexity index is 498. The van der Waals surface area contributed by atoms with Gasteiger partial charge in [0, 0.05) is 37.9 Å². The van der Waals surface area contributed by atoms with Crippen molar-refractivity contribution >= 4 is 11.8 Å². The van der Waals surface area contributed by atoms with E-state index >= 15 is 0 Å². The summed E-state index contributed by atoms with van der Waals surface area (Å²) in [6.45, 7) is 2.00. The zero-order valence-corrected chi connectivity index (χ0v) is 12.2. The van der Waals surface area contributed by atoms with Crippen molar-refractivity contribution in [3.05, 3.63) is 24.2 Å². The van der Waals surface area contributed by atoms with Crippen molar-refractivity contribution in [3.8, 4) is 0 Å². The lowest BCUT2D eigenvalue weighted by atomic mass is 10.2. The maximum atomic E-state index is 12.0. The SMILES string of the molecule is O=C(NCCN1CCCCCC1=O)C1CC1c1ccco1. The molecule has 1 saturated heterocycles. The van der Waals surface area contributed by atoms with Gasteiger partial charge in [0.2, 0.25) is 11.8 Å². The van der Waals surface area contributed by atoms with Gasteiger partial charge in [-0.3, -0.25) is 9.59 Å². The van der Waals surface area contributed by atoms with Crippen molar-refractivity contribution in [3.63, 3.8) is 0 Å². The van der Waals surface area contributed by atoms with Gasteiger partial charge in [-0.2, -0.15) is 0 Å². The summed E-state index contributed by atoms with van der Waals surface area (Å²) in [6, 6.07) is 3.78. The third kappa shape index (κ3) is 3.46. The lowest BCUT2D eigenvalue weighted by molar-refractivity contribution is -0.131. The topological polar surface area (TPSA) is 62.6 Å². The fourth-order valence-corrected chi connectivity index (χ4v) is 3.02. The van der Waals surface area contributed by atoms with Crippen LogP contribution in [0.2, 0.25) is 0 Å². The first kappa shape index (κ1) is 14.2. The van der Waals surface area contributed by atoms with Crippen molar-refractivity contribution in [1.29, 1.82) is 0 Å². The molecule has 0 spiro atoms. The van der Waals surface area contributed by atoms with Crippen molar-refractivity contribution in [1.82, 2.24) is 10.2 Å². The smallest absolute Gasteiger partial charge is 0.223 e. The van der Waals surface area contributed by atoms with E-state index in [9.17, 15) is 9.59 Å². The number of likely N-dealkylation sites (tertiary alicyclic amines) is 1. The molecule has 3 rings (SSSR count). The summed E-state index contributed by atoms with van der Waals surface area (Å²) in [5, 5.41) is 2.95. The summed E-state index contributed by atoms with van der Waals surface area (Å²) in [6.07, 6.45) is 6.35.